The molecule has 1 rings (SSSR count). The maximum Gasteiger partial charge on any atom is 0.412 e. The van der Waals surface area contributed by atoms with Crippen LogP contribution in [0.2, 0.25) is 0 Å². The fraction of sp³-hybridized carbons (Fsp3) is 0.471. The van der Waals surface area contributed by atoms with E-state index in [9.17, 15) is 14.4 Å². The van der Waals surface area contributed by atoms with Crippen LogP contribution in [0.5, 0.6) is 0 Å². The molecule has 25 heavy (non-hydrogen) atoms. The van der Waals surface area contributed by atoms with E-state index in [1.165, 1.54) is 13.2 Å². The molecule has 0 radical (unpaired) electrons. The summed E-state index contributed by atoms with van der Waals surface area (Å²) in [5, 5.41) is 11.2. The average molecular weight is 353 g/mol. The van der Waals surface area contributed by atoms with E-state index in [0.29, 0.717) is 16.8 Å². The molecule has 8 nitrogen and oxygen atoms in total. The van der Waals surface area contributed by atoms with E-state index in [4.69, 9.17) is 19.3 Å². The van der Waals surface area contributed by atoms with Crippen molar-refractivity contribution >= 4 is 23.7 Å². The van der Waals surface area contributed by atoms with Crippen LogP contribution in [0.25, 0.3) is 0 Å². The number of nitrogens with one attached hydrogen (secondary N) is 1. The molecule has 2 N–H and O–H groups in total. The van der Waals surface area contributed by atoms with Crippen LogP contribution < -0.4 is 5.32 Å². The van der Waals surface area contributed by atoms with Crippen LogP contribution in [0.1, 0.15) is 42.3 Å². The van der Waals surface area contributed by atoms with Crippen LogP contribution in [0.15, 0.2) is 12.1 Å². The first-order valence-corrected chi connectivity index (χ1v) is 7.55. The summed E-state index contributed by atoms with van der Waals surface area (Å²) in [7, 11) is 1.25. The number of amides is 1. The number of hydrogen-bond acceptors (Lipinski definition) is 6. The largest absolute Gasteiger partial charge is 0.480 e. The van der Waals surface area contributed by atoms with Gasteiger partial charge in [-0.1, -0.05) is 0 Å². The molecule has 0 aromatic heterocycles. The van der Waals surface area contributed by atoms with Gasteiger partial charge in [0.15, 0.2) is 0 Å². The number of ether oxygens (including phenoxy) is 3. The fourth-order valence-electron chi connectivity index (χ4n) is 1.99. The lowest BCUT2D eigenvalue weighted by molar-refractivity contribution is -0.142. The van der Waals surface area contributed by atoms with Gasteiger partial charge in [0.1, 0.15) is 12.2 Å². The van der Waals surface area contributed by atoms with E-state index in [0.717, 1.165) is 0 Å². The fourth-order valence-corrected chi connectivity index (χ4v) is 1.99. The van der Waals surface area contributed by atoms with Crippen molar-refractivity contribution < 1.29 is 33.7 Å². The molecule has 0 aliphatic heterocycles. The van der Waals surface area contributed by atoms with Crippen molar-refractivity contribution in [2.24, 2.45) is 0 Å². The number of esters is 1. The van der Waals surface area contributed by atoms with Gasteiger partial charge in [-0.2, -0.15) is 0 Å². The molecule has 0 saturated carbocycles. The van der Waals surface area contributed by atoms with Gasteiger partial charge in [-0.25, -0.2) is 14.4 Å². The first-order chi connectivity index (χ1) is 11.5. The first-order valence-electron chi connectivity index (χ1n) is 7.55. The summed E-state index contributed by atoms with van der Waals surface area (Å²) in [6, 6.07) is 3.05. The number of aliphatic carboxylic acids is 1. The zero-order chi connectivity index (χ0) is 19.2. The van der Waals surface area contributed by atoms with Crippen molar-refractivity contribution in [2.45, 2.75) is 39.9 Å². The molecule has 0 atom stereocenters. The van der Waals surface area contributed by atoms with Gasteiger partial charge < -0.3 is 19.3 Å². The van der Waals surface area contributed by atoms with Crippen LogP contribution in [-0.4, -0.2) is 42.5 Å². The quantitative estimate of drug-likeness (QED) is 0.756. The number of hydrogen-bond donors (Lipinski definition) is 2. The van der Waals surface area contributed by atoms with E-state index in [1.807, 2.05) is 0 Å². The Balaban J connectivity index is 3.09. The van der Waals surface area contributed by atoms with E-state index >= 15 is 0 Å². The normalized spacial score (nSPS) is 10.9. The Morgan fingerprint density at radius 2 is 1.84 bits per heavy atom. The summed E-state index contributed by atoms with van der Waals surface area (Å²) >= 11 is 0. The van der Waals surface area contributed by atoms with Crippen molar-refractivity contribution in [3.63, 3.8) is 0 Å². The highest BCUT2D eigenvalue weighted by atomic mass is 16.6. The molecule has 1 aromatic rings. The van der Waals surface area contributed by atoms with Crippen molar-refractivity contribution in [3.05, 3.63) is 28.8 Å². The second-order valence-corrected chi connectivity index (χ2v) is 6.31. The number of methoxy groups -OCH3 is 1. The van der Waals surface area contributed by atoms with Gasteiger partial charge in [-0.15, -0.1) is 0 Å². The molecule has 138 valence electrons. The van der Waals surface area contributed by atoms with Crippen LogP contribution >= 0.6 is 0 Å². The number of benzene rings is 1. The molecule has 0 aliphatic carbocycles. The summed E-state index contributed by atoms with van der Waals surface area (Å²) in [5.41, 5.74) is 1.01. The Hall–Kier alpha value is -2.61. The highest BCUT2D eigenvalue weighted by Gasteiger charge is 2.19. The standard InChI is InChI=1S/C17H23NO7/c1-10-11(8-24-9-14(19)20)6-12(7-13(10)15(21)23-5)18-16(22)25-17(2,3)4/h6-7H,8-9H2,1-5H3,(H,18,22)(H,19,20). The minimum Gasteiger partial charge on any atom is -0.480 e. The summed E-state index contributed by atoms with van der Waals surface area (Å²) in [4.78, 5) is 34.4. The zero-order valence-corrected chi connectivity index (χ0v) is 15.0. The number of rotatable bonds is 6. The topological polar surface area (TPSA) is 111 Å². The number of carbonyl (C=O) groups is 3. The number of carboxylic acid groups (broad SMARTS) is 1. The molecule has 0 spiro atoms. The summed E-state index contributed by atoms with van der Waals surface area (Å²) < 4.78 is 15.0. The molecule has 0 heterocycles. The zero-order valence-electron chi connectivity index (χ0n) is 15.0. The molecular formula is C17H23NO7. The van der Waals surface area contributed by atoms with Crippen LogP contribution in [0.3, 0.4) is 0 Å². The third kappa shape index (κ3) is 6.80. The van der Waals surface area contributed by atoms with Gasteiger partial charge in [0.05, 0.1) is 19.3 Å². The summed E-state index contributed by atoms with van der Waals surface area (Å²) in [5.74, 6) is -1.68. The third-order valence-electron chi connectivity index (χ3n) is 3.05. The molecule has 8 heteroatoms. The van der Waals surface area contributed by atoms with Gasteiger partial charge in [0, 0.05) is 5.69 Å². The smallest absolute Gasteiger partial charge is 0.412 e. The highest BCUT2D eigenvalue weighted by molar-refractivity contribution is 5.94. The molecular weight excluding hydrogens is 330 g/mol. The Labute approximate surface area is 146 Å². The lowest BCUT2D eigenvalue weighted by atomic mass is 10.0. The van der Waals surface area contributed by atoms with Crippen LogP contribution in [-0.2, 0) is 25.6 Å². The maximum absolute atomic E-state index is 11.9. The Morgan fingerprint density at radius 3 is 2.36 bits per heavy atom. The van der Waals surface area contributed by atoms with Crippen molar-refractivity contribution in [1.82, 2.24) is 0 Å². The predicted molar refractivity (Wildman–Crippen MR) is 89.7 cm³/mol. The van der Waals surface area contributed by atoms with Crippen LogP contribution in [0, 0.1) is 6.92 Å². The second-order valence-electron chi connectivity index (χ2n) is 6.31. The van der Waals surface area contributed by atoms with Crippen molar-refractivity contribution in [2.75, 3.05) is 19.0 Å². The SMILES string of the molecule is COC(=O)c1cc(NC(=O)OC(C)(C)C)cc(COCC(=O)O)c1C. The van der Waals surface area contributed by atoms with E-state index in [2.05, 4.69) is 5.32 Å². The highest BCUT2D eigenvalue weighted by Crippen LogP contribution is 2.23. The monoisotopic (exact) mass is 353 g/mol. The van der Waals surface area contributed by atoms with Gasteiger partial charge in [-0.3, -0.25) is 5.32 Å². The second kappa shape index (κ2) is 8.48. The van der Waals surface area contributed by atoms with E-state index < -0.39 is 30.2 Å². The summed E-state index contributed by atoms with van der Waals surface area (Å²) in [6.45, 7) is 6.36. The van der Waals surface area contributed by atoms with Crippen LogP contribution in [0.4, 0.5) is 10.5 Å². The molecule has 0 saturated heterocycles. The average Bonchev–Trinajstić information content (AvgIpc) is 2.46. The van der Waals surface area contributed by atoms with Gasteiger partial charge in [-0.05, 0) is 51.0 Å². The number of anilines is 1. The minimum absolute atomic E-state index is 0.0357. The van der Waals surface area contributed by atoms with E-state index in [1.54, 1.807) is 33.8 Å². The predicted octanol–water partition coefficient (Wildman–Crippen LogP) is 2.73. The van der Waals surface area contributed by atoms with Gasteiger partial charge in [0.2, 0.25) is 0 Å². The Morgan fingerprint density at radius 1 is 1.20 bits per heavy atom. The molecule has 1 amide bonds. The van der Waals surface area contributed by atoms with Crippen molar-refractivity contribution in [3.8, 4) is 0 Å². The van der Waals surface area contributed by atoms with Gasteiger partial charge >= 0.3 is 18.0 Å². The van der Waals surface area contributed by atoms with Crippen molar-refractivity contribution in [1.29, 1.82) is 0 Å². The Bertz CT molecular complexity index is 662. The molecule has 0 bridgehead atoms. The Kier molecular flexibility index (Phi) is 6.93. The molecule has 0 fully saturated rings. The lowest BCUT2D eigenvalue weighted by Gasteiger charge is -2.20. The third-order valence-corrected chi connectivity index (χ3v) is 3.05. The number of carbonyl (C=O) groups excluding carboxylic acids is 2. The maximum atomic E-state index is 11.9. The minimum atomic E-state index is -1.10. The van der Waals surface area contributed by atoms with E-state index in [-0.39, 0.29) is 12.2 Å². The molecule has 0 aliphatic rings. The molecule has 1 aromatic carbocycles. The molecule has 0 unspecified atom stereocenters. The van der Waals surface area contributed by atoms with Gasteiger partial charge in [0.25, 0.3) is 0 Å². The number of carboxylic acids is 1. The lowest BCUT2D eigenvalue weighted by Crippen LogP contribution is -2.27. The summed E-state index contributed by atoms with van der Waals surface area (Å²) in [6.07, 6.45) is -0.676. The first kappa shape index (κ1) is 20.4.